The molecule has 5 nitrogen and oxygen atoms in total. The Hall–Kier alpha value is -1.08. The van der Waals surface area contributed by atoms with Gasteiger partial charge in [0.25, 0.3) is 0 Å². The zero-order chi connectivity index (χ0) is 16.5. The van der Waals surface area contributed by atoms with Gasteiger partial charge in [0.15, 0.2) is 0 Å². The maximum atomic E-state index is 12.5. The molecule has 0 saturated carbocycles. The molecule has 0 aliphatic carbocycles. The summed E-state index contributed by atoms with van der Waals surface area (Å²) < 4.78 is 29.4. The minimum absolute atomic E-state index is 0.0333. The molecule has 0 fully saturated rings. The van der Waals surface area contributed by atoms with E-state index in [0.29, 0.717) is 5.02 Å². The van der Waals surface area contributed by atoms with Crippen molar-refractivity contribution in [2.24, 2.45) is 0 Å². The molecule has 2 aromatic rings. The molecule has 0 spiro atoms. The number of nitrogens with zero attached hydrogens (tertiary/aromatic N) is 2. The van der Waals surface area contributed by atoms with Crippen LogP contribution in [0, 0.1) is 6.92 Å². The number of hydrogen-bond acceptors (Lipinski definition) is 3. The molecule has 1 N–H and O–H groups in total. The average molecular weight is 362 g/mol. The Labute approximate surface area is 140 Å². The molecule has 1 heterocycles. The fourth-order valence-corrected chi connectivity index (χ4v) is 4.23. The predicted molar refractivity (Wildman–Crippen MR) is 87.8 cm³/mol. The number of halogens is 2. The van der Waals surface area contributed by atoms with Crippen LogP contribution in [0.15, 0.2) is 29.3 Å². The van der Waals surface area contributed by atoms with Crippen LogP contribution in [-0.4, -0.2) is 18.2 Å². The lowest BCUT2D eigenvalue weighted by molar-refractivity contribution is 0.565. The van der Waals surface area contributed by atoms with E-state index in [9.17, 15) is 8.42 Å². The average Bonchev–Trinajstić information content (AvgIpc) is 2.82. The van der Waals surface area contributed by atoms with Gasteiger partial charge in [0.1, 0.15) is 4.90 Å². The Morgan fingerprint density at radius 2 is 2.05 bits per heavy atom. The first kappa shape index (κ1) is 17.3. The third-order valence-electron chi connectivity index (χ3n) is 3.42. The topological polar surface area (TPSA) is 64.0 Å². The summed E-state index contributed by atoms with van der Waals surface area (Å²) in [7, 11) is -3.78. The Balaban J connectivity index is 2.31. The van der Waals surface area contributed by atoms with Gasteiger partial charge in [-0.15, -0.1) is 0 Å². The number of sulfonamides is 1. The van der Waals surface area contributed by atoms with E-state index in [1.54, 1.807) is 19.2 Å². The van der Waals surface area contributed by atoms with E-state index in [0.717, 1.165) is 17.8 Å². The van der Waals surface area contributed by atoms with E-state index >= 15 is 0 Å². The van der Waals surface area contributed by atoms with Crippen molar-refractivity contribution in [1.29, 1.82) is 0 Å². The van der Waals surface area contributed by atoms with Gasteiger partial charge in [0, 0.05) is 28.9 Å². The molecule has 0 aliphatic rings. The van der Waals surface area contributed by atoms with E-state index in [4.69, 9.17) is 23.2 Å². The van der Waals surface area contributed by atoms with Crippen LogP contribution in [-0.2, 0) is 16.6 Å². The van der Waals surface area contributed by atoms with E-state index in [2.05, 4.69) is 9.82 Å². The van der Waals surface area contributed by atoms with Gasteiger partial charge in [0.2, 0.25) is 10.0 Å². The second-order valence-corrected chi connectivity index (χ2v) is 7.44. The van der Waals surface area contributed by atoms with Crippen molar-refractivity contribution in [2.75, 3.05) is 0 Å². The van der Waals surface area contributed by atoms with Crippen LogP contribution >= 0.6 is 23.2 Å². The first-order valence-electron chi connectivity index (χ1n) is 6.76. The monoisotopic (exact) mass is 361 g/mol. The molecule has 1 aromatic heterocycles. The lowest BCUT2D eigenvalue weighted by atomic mass is 10.1. The quantitative estimate of drug-likeness (QED) is 0.885. The molecule has 22 heavy (non-hydrogen) atoms. The van der Waals surface area contributed by atoms with Crippen molar-refractivity contribution in [3.8, 4) is 0 Å². The maximum absolute atomic E-state index is 12.5. The number of nitrogens with one attached hydrogen (secondary N) is 1. The number of benzene rings is 1. The molecule has 0 radical (unpaired) electrons. The van der Waals surface area contributed by atoms with E-state index in [1.165, 1.54) is 12.1 Å². The van der Waals surface area contributed by atoms with Crippen LogP contribution in [0.4, 0.5) is 0 Å². The predicted octanol–water partition coefficient (Wildman–Crippen LogP) is 3.56. The lowest BCUT2D eigenvalue weighted by Crippen LogP contribution is -2.27. The van der Waals surface area contributed by atoms with E-state index < -0.39 is 16.1 Å². The molecule has 0 aliphatic heterocycles. The minimum Gasteiger partial charge on any atom is -0.270 e. The smallest absolute Gasteiger partial charge is 0.242 e. The zero-order valence-corrected chi connectivity index (χ0v) is 14.8. The summed E-state index contributed by atoms with van der Waals surface area (Å²) in [6.07, 6.45) is 1.67. The van der Waals surface area contributed by atoms with Gasteiger partial charge < -0.3 is 0 Å². The van der Waals surface area contributed by atoms with Crippen molar-refractivity contribution in [3.63, 3.8) is 0 Å². The third kappa shape index (κ3) is 3.46. The Bertz CT molecular complexity index is 787. The van der Waals surface area contributed by atoms with Crippen molar-refractivity contribution in [1.82, 2.24) is 14.5 Å². The molecule has 2 rings (SSSR count). The van der Waals surface area contributed by atoms with Crippen molar-refractivity contribution in [3.05, 3.63) is 45.7 Å². The highest BCUT2D eigenvalue weighted by Crippen LogP contribution is 2.27. The minimum atomic E-state index is -3.78. The first-order chi connectivity index (χ1) is 10.3. The molecule has 8 heteroatoms. The summed E-state index contributed by atoms with van der Waals surface area (Å²) in [5, 5.41) is 4.67. The summed E-state index contributed by atoms with van der Waals surface area (Å²) >= 11 is 11.8. The Morgan fingerprint density at radius 3 is 2.64 bits per heavy atom. The summed E-state index contributed by atoms with van der Waals surface area (Å²) in [6.45, 7) is 6.37. The number of aryl methyl sites for hydroxylation is 1. The van der Waals surface area contributed by atoms with Gasteiger partial charge in [-0.05, 0) is 39.0 Å². The Kier molecular flexibility index (Phi) is 5.17. The van der Waals surface area contributed by atoms with Crippen LogP contribution in [0.3, 0.4) is 0 Å². The van der Waals surface area contributed by atoms with Crippen LogP contribution in [0.5, 0.6) is 0 Å². The zero-order valence-electron chi connectivity index (χ0n) is 12.5. The molecule has 0 unspecified atom stereocenters. The van der Waals surface area contributed by atoms with Crippen LogP contribution in [0.2, 0.25) is 10.0 Å². The molecule has 1 aromatic carbocycles. The fourth-order valence-electron chi connectivity index (χ4n) is 2.25. The van der Waals surface area contributed by atoms with Gasteiger partial charge in [-0.1, -0.05) is 23.2 Å². The highest BCUT2D eigenvalue weighted by atomic mass is 35.5. The largest absolute Gasteiger partial charge is 0.270 e. The molecule has 1 atom stereocenters. The maximum Gasteiger partial charge on any atom is 0.242 e. The fraction of sp³-hybridized carbons (Fsp3) is 0.357. The highest BCUT2D eigenvalue weighted by Gasteiger charge is 2.23. The molecule has 0 saturated heterocycles. The van der Waals surface area contributed by atoms with Crippen LogP contribution < -0.4 is 4.72 Å². The van der Waals surface area contributed by atoms with Gasteiger partial charge >= 0.3 is 0 Å². The number of hydrogen-bond donors (Lipinski definition) is 1. The summed E-state index contributed by atoms with van der Waals surface area (Å²) in [6, 6.07) is 3.91. The van der Waals surface area contributed by atoms with Gasteiger partial charge in [-0.25, -0.2) is 13.1 Å². The second-order valence-electron chi connectivity index (χ2n) is 4.92. The number of rotatable bonds is 5. The lowest BCUT2D eigenvalue weighted by Gasteiger charge is -2.15. The summed E-state index contributed by atoms with van der Waals surface area (Å²) in [4.78, 5) is -0.0333. The summed E-state index contributed by atoms with van der Waals surface area (Å²) in [5.74, 6) is 0. The molecule has 120 valence electrons. The normalized spacial score (nSPS) is 13.3. The summed E-state index contributed by atoms with van der Waals surface area (Å²) in [5.41, 5.74) is 1.75. The standard InChI is InChI=1S/C14H17Cl2N3O2S/c1-4-19-10(3)12(8-17-19)9(2)18-22(20,21)14-7-11(15)5-6-13(14)16/h5-9,18H,4H2,1-3H3/t9-/m0/s1. The van der Waals surface area contributed by atoms with Crippen LogP contribution in [0.25, 0.3) is 0 Å². The number of aromatic nitrogens is 2. The second kappa shape index (κ2) is 6.58. The first-order valence-corrected chi connectivity index (χ1v) is 9.00. The van der Waals surface area contributed by atoms with E-state index in [1.807, 2.05) is 18.5 Å². The van der Waals surface area contributed by atoms with Crippen molar-refractivity contribution >= 4 is 33.2 Å². The van der Waals surface area contributed by atoms with Crippen molar-refractivity contribution < 1.29 is 8.42 Å². The highest BCUT2D eigenvalue weighted by molar-refractivity contribution is 7.89. The SMILES string of the molecule is CCn1ncc([C@H](C)NS(=O)(=O)c2cc(Cl)ccc2Cl)c1C. The van der Waals surface area contributed by atoms with Crippen LogP contribution in [0.1, 0.15) is 31.1 Å². The molecule has 0 bridgehead atoms. The third-order valence-corrected chi connectivity index (χ3v) is 5.68. The van der Waals surface area contributed by atoms with Crippen molar-refractivity contribution in [2.45, 2.75) is 38.3 Å². The van der Waals surface area contributed by atoms with E-state index in [-0.39, 0.29) is 9.92 Å². The molecule has 0 amide bonds. The molecular formula is C14H17Cl2N3O2S. The van der Waals surface area contributed by atoms with Gasteiger partial charge in [-0.2, -0.15) is 5.10 Å². The van der Waals surface area contributed by atoms with Gasteiger partial charge in [0.05, 0.1) is 11.2 Å². The Morgan fingerprint density at radius 1 is 1.36 bits per heavy atom. The molecular weight excluding hydrogens is 345 g/mol. The van der Waals surface area contributed by atoms with Gasteiger partial charge in [-0.3, -0.25) is 4.68 Å².